The van der Waals surface area contributed by atoms with Crippen molar-refractivity contribution in [3.63, 3.8) is 0 Å². The molecule has 1 heterocycles. The second kappa shape index (κ2) is 5.08. The molecule has 2 rings (SSSR count). The van der Waals surface area contributed by atoms with E-state index in [0.717, 1.165) is 37.7 Å². The van der Waals surface area contributed by atoms with Crippen LogP contribution in [0.15, 0.2) is 18.2 Å². The van der Waals surface area contributed by atoms with Crippen molar-refractivity contribution >= 4 is 11.4 Å². The number of piperidine rings is 1. The predicted octanol–water partition coefficient (Wildman–Crippen LogP) is 3.74. The zero-order valence-corrected chi connectivity index (χ0v) is 10.3. The minimum atomic E-state index is -4.29. The van der Waals surface area contributed by atoms with Gasteiger partial charge in [-0.15, -0.1) is 0 Å². The molecule has 1 aromatic rings. The van der Waals surface area contributed by atoms with Crippen LogP contribution in [0.1, 0.15) is 24.8 Å². The van der Waals surface area contributed by atoms with Crippen molar-refractivity contribution in [2.24, 2.45) is 0 Å². The van der Waals surface area contributed by atoms with E-state index >= 15 is 0 Å². The number of hydrogen-bond acceptors (Lipinski definition) is 2. The molecule has 18 heavy (non-hydrogen) atoms. The summed E-state index contributed by atoms with van der Waals surface area (Å²) in [5.41, 5.74) is 0.810. The van der Waals surface area contributed by atoms with Gasteiger partial charge in [0.05, 0.1) is 16.9 Å². The highest BCUT2D eigenvalue weighted by Gasteiger charge is 2.31. The highest BCUT2D eigenvalue weighted by molar-refractivity contribution is 5.71. The van der Waals surface area contributed by atoms with Gasteiger partial charge in [-0.2, -0.15) is 13.2 Å². The van der Waals surface area contributed by atoms with E-state index in [1.807, 2.05) is 0 Å². The fourth-order valence-electron chi connectivity index (χ4n) is 2.32. The molecule has 0 aliphatic carbocycles. The average molecular weight is 258 g/mol. The molecule has 0 atom stereocenters. The molecule has 1 N–H and O–H groups in total. The fraction of sp³-hybridized carbons (Fsp3) is 0.538. The molecule has 1 fully saturated rings. The van der Waals surface area contributed by atoms with Crippen molar-refractivity contribution in [3.8, 4) is 0 Å². The Morgan fingerprint density at radius 3 is 2.33 bits per heavy atom. The maximum Gasteiger partial charge on any atom is 0.416 e. The predicted molar refractivity (Wildman–Crippen MR) is 67.1 cm³/mol. The number of alkyl halides is 3. The Labute approximate surface area is 105 Å². The molecule has 0 unspecified atom stereocenters. The van der Waals surface area contributed by atoms with Crippen molar-refractivity contribution in [3.05, 3.63) is 23.8 Å². The van der Waals surface area contributed by atoms with Crippen LogP contribution in [0.4, 0.5) is 24.5 Å². The topological polar surface area (TPSA) is 15.3 Å². The van der Waals surface area contributed by atoms with E-state index in [0.29, 0.717) is 5.69 Å². The smallest absolute Gasteiger partial charge is 0.386 e. The maximum atomic E-state index is 12.6. The average Bonchev–Trinajstić information content (AvgIpc) is 2.38. The van der Waals surface area contributed by atoms with Crippen LogP contribution in [0.2, 0.25) is 0 Å². The lowest BCUT2D eigenvalue weighted by molar-refractivity contribution is -0.137. The maximum absolute atomic E-state index is 12.6. The van der Waals surface area contributed by atoms with Crippen LogP contribution in [-0.4, -0.2) is 20.1 Å². The number of nitrogens with zero attached hydrogens (tertiary/aromatic N) is 1. The molecule has 1 saturated heterocycles. The minimum absolute atomic E-state index is 0.548. The first-order chi connectivity index (χ1) is 8.52. The van der Waals surface area contributed by atoms with Crippen molar-refractivity contribution in [2.75, 3.05) is 30.4 Å². The monoisotopic (exact) mass is 258 g/mol. The van der Waals surface area contributed by atoms with E-state index in [1.165, 1.54) is 12.5 Å². The quantitative estimate of drug-likeness (QED) is 0.869. The number of halogens is 3. The van der Waals surface area contributed by atoms with Crippen LogP contribution in [-0.2, 0) is 6.18 Å². The molecule has 2 nitrogen and oxygen atoms in total. The zero-order valence-electron chi connectivity index (χ0n) is 10.3. The Morgan fingerprint density at radius 2 is 1.78 bits per heavy atom. The van der Waals surface area contributed by atoms with E-state index in [-0.39, 0.29) is 0 Å². The standard InChI is InChI=1S/C13H17F3N2/c1-17-11-9-10(13(14,15)16)5-6-12(11)18-7-3-2-4-8-18/h5-6,9,17H,2-4,7-8H2,1H3. The minimum Gasteiger partial charge on any atom is -0.386 e. The Kier molecular flexibility index (Phi) is 3.68. The molecule has 0 saturated carbocycles. The number of benzene rings is 1. The Hall–Kier alpha value is -1.39. The summed E-state index contributed by atoms with van der Waals surface area (Å²) in [5, 5.41) is 2.86. The third kappa shape index (κ3) is 2.71. The van der Waals surface area contributed by atoms with Gasteiger partial charge in [0.2, 0.25) is 0 Å². The van der Waals surface area contributed by atoms with E-state index in [2.05, 4.69) is 10.2 Å². The number of anilines is 2. The van der Waals surface area contributed by atoms with E-state index < -0.39 is 11.7 Å². The zero-order chi connectivity index (χ0) is 13.2. The van der Waals surface area contributed by atoms with E-state index in [1.54, 1.807) is 13.1 Å². The summed E-state index contributed by atoms with van der Waals surface area (Å²) >= 11 is 0. The first-order valence-corrected chi connectivity index (χ1v) is 6.16. The highest BCUT2D eigenvalue weighted by Crippen LogP contribution is 2.35. The van der Waals surface area contributed by atoms with Crippen LogP contribution >= 0.6 is 0 Å². The van der Waals surface area contributed by atoms with Crippen LogP contribution in [0.5, 0.6) is 0 Å². The third-order valence-electron chi connectivity index (χ3n) is 3.29. The fourth-order valence-corrected chi connectivity index (χ4v) is 2.32. The second-order valence-electron chi connectivity index (χ2n) is 4.53. The van der Waals surface area contributed by atoms with Gasteiger partial charge in [0.25, 0.3) is 0 Å². The Bertz CT molecular complexity index is 409. The second-order valence-corrected chi connectivity index (χ2v) is 4.53. The molecular formula is C13H17F3N2. The lowest BCUT2D eigenvalue weighted by Gasteiger charge is -2.30. The summed E-state index contributed by atoms with van der Waals surface area (Å²) < 4.78 is 37.9. The van der Waals surface area contributed by atoms with Gasteiger partial charge < -0.3 is 10.2 Å². The number of nitrogens with one attached hydrogen (secondary N) is 1. The molecule has 0 radical (unpaired) electrons. The van der Waals surface area contributed by atoms with Gasteiger partial charge in [0, 0.05) is 20.1 Å². The van der Waals surface area contributed by atoms with Crippen LogP contribution < -0.4 is 10.2 Å². The van der Waals surface area contributed by atoms with Gasteiger partial charge in [0.15, 0.2) is 0 Å². The van der Waals surface area contributed by atoms with Gasteiger partial charge in [-0.05, 0) is 37.5 Å². The molecule has 5 heteroatoms. The molecule has 0 spiro atoms. The van der Waals surface area contributed by atoms with Gasteiger partial charge in [-0.3, -0.25) is 0 Å². The molecular weight excluding hydrogens is 241 g/mol. The SMILES string of the molecule is CNc1cc(C(F)(F)F)ccc1N1CCCCC1. The first kappa shape index (κ1) is 13.1. The van der Waals surface area contributed by atoms with Crippen LogP contribution in [0.25, 0.3) is 0 Å². The summed E-state index contributed by atoms with van der Waals surface area (Å²) in [6, 6.07) is 3.91. The van der Waals surface area contributed by atoms with Crippen molar-refractivity contribution < 1.29 is 13.2 Å². The molecule has 1 aliphatic heterocycles. The largest absolute Gasteiger partial charge is 0.416 e. The van der Waals surface area contributed by atoms with Crippen molar-refractivity contribution in [1.29, 1.82) is 0 Å². The Balaban J connectivity index is 2.30. The normalized spacial score (nSPS) is 16.8. The summed E-state index contributed by atoms with van der Waals surface area (Å²) in [6.07, 6.45) is -0.883. The number of rotatable bonds is 2. The molecule has 1 aromatic carbocycles. The summed E-state index contributed by atoms with van der Waals surface area (Å²) in [7, 11) is 1.66. The van der Waals surface area contributed by atoms with Gasteiger partial charge in [-0.25, -0.2) is 0 Å². The number of hydrogen-bond donors (Lipinski definition) is 1. The molecule has 0 amide bonds. The highest BCUT2D eigenvalue weighted by atomic mass is 19.4. The molecule has 100 valence electrons. The Morgan fingerprint density at radius 1 is 1.11 bits per heavy atom. The van der Waals surface area contributed by atoms with Crippen LogP contribution in [0.3, 0.4) is 0 Å². The molecule has 1 aliphatic rings. The third-order valence-corrected chi connectivity index (χ3v) is 3.29. The van der Waals surface area contributed by atoms with Crippen molar-refractivity contribution in [1.82, 2.24) is 0 Å². The molecule has 0 bridgehead atoms. The lowest BCUT2D eigenvalue weighted by Crippen LogP contribution is -2.30. The molecule has 0 aromatic heterocycles. The van der Waals surface area contributed by atoms with Crippen molar-refractivity contribution in [2.45, 2.75) is 25.4 Å². The van der Waals surface area contributed by atoms with E-state index in [4.69, 9.17) is 0 Å². The first-order valence-electron chi connectivity index (χ1n) is 6.16. The van der Waals surface area contributed by atoms with Gasteiger partial charge in [0.1, 0.15) is 0 Å². The van der Waals surface area contributed by atoms with Crippen LogP contribution in [0, 0.1) is 0 Å². The summed E-state index contributed by atoms with van der Waals surface area (Å²) in [5.74, 6) is 0. The summed E-state index contributed by atoms with van der Waals surface area (Å²) in [6.45, 7) is 1.83. The van der Waals surface area contributed by atoms with Gasteiger partial charge >= 0.3 is 6.18 Å². The summed E-state index contributed by atoms with van der Waals surface area (Å²) in [4.78, 5) is 2.15. The van der Waals surface area contributed by atoms with E-state index in [9.17, 15) is 13.2 Å². The van der Waals surface area contributed by atoms with Gasteiger partial charge in [-0.1, -0.05) is 0 Å². The lowest BCUT2D eigenvalue weighted by atomic mass is 10.1.